The maximum atomic E-state index is 13.6. The van der Waals surface area contributed by atoms with E-state index in [1.54, 1.807) is 43.4 Å². The zero-order valence-electron chi connectivity index (χ0n) is 21.2. The molecule has 0 spiro atoms. The van der Waals surface area contributed by atoms with Crippen LogP contribution in [-0.4, -0.2) is 25.8 Å². The highest BCUT2D eigenvalue weighted by atomic mass is 16.6. The van der Waals surface area contributed by atoms with Crippen molar-refractivity contribution in [1.82, 2.24) is 9.13 Å². The third-order valence-corrected chi connectivity index (χ3v) is 7.21. The lowest BCUT2D eigenvalue weighted by atomic mass is 9.81. The van der Waals surface area contributed by atoms with E-state index in [4.69, 9.17) is 4.74 Å². The number of hydrogen-bond acceptors (Lipinski definition) is 8. The van der Waals surface area contributed by atoms with Crippen molar-refractivity contribution >= 4 is 29.0 Å². The van der Waals surface area contributed by atoms with Crippen molar-refractivity contribution in [3.05, 3.63) is 137 Å². The first-order chi connectivity index (χ1) is 19.2. The summed E-state index contributed by atoms with van der Waals surface area (Å²) in [6, 6.07) is 18.5. The molecule has 0 radical (unpaired) electrons. The van der Waals surface area contributed by atoms with Gasteiger partial charge >= 0.3 is 11.7 Å². The van der Waals surface area contributed by atoms with Crippen molar-refractivity contribution in [3.8, 4) is 5.75 Å². The van der Waals surface area contributed by atoms with Gasteiger partial charge in [-0.25, -0.2) is 9.59 Å². The predicted octanol–water partition coefficient (Wildman–Crippen LogP) is 3.38. The van der Waals surface area contributed by atoms with Crippen molar-refractivity contribution in [1.29, 1.82) is 0 Å². The van der Waals surface area contributed by atoms with Gasteiger partial charge in [-0.05, 0) is 29.8 Å². The molecule has 1 aliphatic heterocycles. The lowest BCUT2D eigenvalue weighted by molar-refractivity contribution is -0.384. The fourth-order valence-corrected chi connectivity index (χ4v) is 5.20. The van der Waals surface area contributed by atoms with Gasteiger partial charge < -0.3 is 10.1 Å². The van der Waals surface area contributed by atoms with Crippen LogP contribution in [0.1, 0.15) is 43.3 Å². The summed E-state index contributed by atoms with van der Waals surface area (Å²) in [7, 11) is 2.94. The van der Waals surface area contributed by atoms with Crippen LogP contribution in [0.3, 0.4) is 0 Å². The van der Waals surface area contributed by atoms with Gasteiger partial charge in [-0.3, -0.25) is 28.8 Å². The van der Waals surface area contributed by atoms with Gasteiger partial charge in [-0.1, -0.05) is 36.4 Å². The van der Waals surface area contributed by atoms with Gasteiger partial charge in [0.2, 0.25) is 0 Å². The van der Waals surface area contributed by atoms with Gasteiger partial charge in [0.25, 0.3) is 11.2 Å². The number of esters is 1. The molecule has 4 aromatic rings. The number of nitrogens with zero attached hydrogens (tertiary/aromatic N) is 3. The first-order valence-electron chi connectivity index (χ1n) is 12.2. The van der Waals surface area contributed by atoms with Gasteiger partial charge in [-0.15, -0.1) is 0 Å². The fourth-order valence-electron chi connectivity index (χ4n) is 5.20. The number of carbonyl (C=O) groups excluding carboxylic acids is 2. The summed E-state index contributed by atoms with van der Waals surface area (Å²) < 4.78 is 7.79. The Balaban J connectivity index is 1.42. The normalized spacial score (nSPS) is 15.2. The van der Waals surface area contributed by atoms with Crippen molar-refractivity contribution in [2.45, 2.75) is 5.92 Å². The van der Waals surface area contributed by atoms with Crippen molar-refractivity contribution in [3.63, 3.8) is 0 Å². The van der Waals surface area contributed by atoms with E-state index < -0.39 is 28.1 Å². The predicted molar refractivity (Wildman–Crippen MR) is 145 cm³/mol. The third kappa shape index (κ3) is 3.67. The first-order valence-corrected chi connectivity index (χ1v) is 12.2. The largest absolute Gasteiger partial charge is 0.423 e. The second kappa shape index (κ2) is 9.02. The van der Waals surface area contributed by atoms with Gasteiger partial charge in [0, 0.05) is 48.8 Å². The molecule has 0 bridgehead atoms. The summed E-state index contributed by atoms with van der Waals surface area (Å²) in [6.45, 7) is 0. The minimum atomic E-state index is -0.795. The number of carbonyl (C=O) groups is 2. The van der Waals surface area contributed by atoms with Crippen LogP contribution in [0.15, 0.2) is 88.0 Å². The SMILES string of the molecule is Cn1c2c(c(=O)n(C)c1=O)[C@@H](c1ccc(OC(=O)c3ccc([N+](=O)[O-])cc3)cc1)C1=C(N2)c2ccccc2C1=O. The Bertz CT molecular complexity index is 1920. The molecular formula is C29H20N4O7. The monoisotopic (exact) mass is 536 g/mol. The number of benzene rings is 3. The Labute approximate surface area is 225 Å². The summed E-state index contributed by atoms with van der Waals surface area (Å²) in [4.78, 5) is 62.7. The summed E-state index contributed by atoms with van der Waals surface area (Å²) in [6.07, 6.45) is 0. The lowest BCUT2D eigenvalue weighted by Gasteiger charge is -2.29. The van der Waals surface area contributed by atoms with Gasteiger partial charge in [0.1, 0.15) is 11.6 Å². The van der Waals surface area contributed by atoms with Crippen LogP contribution in [0.2, 0.25) is 0 Å². The van der Waals surface area contributed by atoms with Crippen LogP contribution in [0.4, 0.5) is 11.5 Å². The van der Waals surface area contributed by atoms with E-state index >= 15 is 0 Å². The minimum Gasteiger partial charge on any atom is -0.423 e. The molecule has 0 amide bonds. The number of Topliss-reactive ketones (excluding diaryl/α,β-unsaturated/α-hetero) is 1. The number of allylic oxidation sites excluding steroid dienone is 1. The molecule has 0 unspecified atom stereocenters. The van der Waals surface area contributed by atoms with E-state index in [9.17, 15) is 29.3 Å². The van der Waals surface area contributed by atoms with Crippen LogP contribution >= 0.6 is 0 Å². The number of ether oxygens (including phenoxy) is 1. The quantitative estimate of drug-likeness (QED) is 0.181. The highest BCUT2D eigenvalue weighted by molar-refractivity contribution is 6.23. The third-order valence-electron chi connectivity index (χ3n) is 7.21. The molecule has 11 nitrogen and oxygen atoms in total. The van der Waals surface area contributed by atoms with E-state index in [2.05, 4.69) is 5.32 Å². The van der Waals surface area contributed by atoms with E-state index in [1.165, 1.54) is 35.9 Å². The molecular weight excluding hydrogens is 516 g/mol. The zero-order valence-corrected chi connectivity index (χ0v) is 21.2. The van der Waals surface area contributed by atoms with Crippen LogP contribution < -0.4 is 21.3 Å². The molecule has 1 aliphatic carbocycles. The number of nitrogens with one attached hydrogen (secondary N) is 1. The average molecular weight is 537 g/mol. The van der Waals surface area contributed by atoms with Gasteiger partial charge in [-0.2, -0.15) is 0 Å². The maximum absolute atomic E-state index is 13.6. The Kier molecular flexibility index (Phi) is 5.58. The Morgan fingerprint density at radius 2 is 1.55 bits per heavy atom. The molecule has 6 rings (SSSR count). The van der Waals surface area contributed by atoms with E-state index in [0.717, 1.165) is 4.57 Å². The number of ketones is 1. The number of non-ortho nitro benzene ring substituents is 1. The standard InChI is InChI=1S/C29H20N4O7/c1-31-26-23(27(35)32(2)29(31)37)21(22-24(30-26)19-5-3-4-6-20(19)25(22)34)15-9-13-18(14-10-15)40-28(36)16-7-11-17(12-8-16)33(38)39/h3-14,21,30H,1-2H3/t21-/m0/s1. The number of nitro benzene ring substituents is 1. The summed E-state index contributed by atoms with van der Waals surface area (Å²) in [5.41, 5.74) is 1.88. The number of rotatable bonds is 4. The topological polar surface area (TPSA) is 143 Å². The molecule has 2 aliphatic rings. The summed E-state index contributed by atoms with van der Waals surface area (Å²) in [5.74, 6) is -1.22. The van der Waals surface area contributed by atoms with E-state index in [1.807, 2.05) is 12.1 Å². The molecule has 1 atom stereocenters. The van der Waals surface area contributed by atoms with Gasteiger partial charge in [0.15, 0.2) is 5.78 Å². The fraction of sp³-hybridized carbons (Fsp3) is 0.103. The number of fused-ring (bicyclic) bond motifs is 3. The Hall–Kier alpha value is -5.58. The molecule has 0 fully saturated rings. The van der Waals surface area contributed by atoms with Gasteiger partial charge in [0.05, 0.1) is 21.7 Å². The highest BCUT2D eigenvalue weighted by Gasteiger charge is 2.42. The zero-order chi connectivity index (χ0) is 28.3. The smallest absolute Gasteiger partial charge is 0.343 e. The van der Waals surface area contributed by atoms with Crippen LogP contribution in [0, 0.1) is 10.1 Å². The minimum absolute atomic E-state index is 0.135. The second-order valence-corrected chi connectivity index (χ2v) is 9.45. The Morgan fingerprint density at radius 3 is 2.20 bits per heavy atom. The average Bonchev–Trinajstić information content (AvgIpc) is 3.26. The van der Waals surface area contributed by atoms with Crippen LogP contribution in [0.5, 0.6) is 5.75 Å². The Morgan fingerprint density at radius 1 is 0.900 bits per heavy atom. The number of nitro groups is 1. The molecule has 2 heterocycles. The number of anilines is 1. The van der Waals surface area contributed by atoms with Crippen molar-refractivity contribution in [2.75, 3.05) is 5.32 Å². The first kappa shape index (κ1) is 24.7. The molecule has 0 saturated heterocycles. The number of aromatic nitrogens is 2. The van der Waals surface area contributed by atoms with Crippen molar-refractivity contribution in [2.24, 2.45) is 14.1 Å². The molecule has 40 heavy (non-hydrogen) atoms. The molecule has 198 valence electrons. The van der Waals surface area contributed by atoms with Crippen molar-refractivity contribution < 1.29 is 19.2 Å². The lowest BCUT2D eigenvalue weighted by Crippen LogP contribution is -2.42. The maximum Gasteiger partial charge on any atom is 0.343 e. The van der Waals surface area contributed by atoms with Crippen LogP contribution in [-0.2, 0) is 14.1 Å². The molecule has 1 aromatic heterocycles. The molecule has 0 saturated carbocycles. The van der Waals surface area contributed by atoms with E-state index in [0.29, 0.717) is 33.8 Å². The molecule has 11 heteroatoms. The van der Waals surface area contributed by atoms with E-state index in [-0.39, 0.29) is 28.3 Å². The second-order valence-electron chi connectivity index (χ2n) is 9.45. The number of hydrogen-bond donors (Lipinski definition) is 1. The summed E-state index contributed by atoms with van der Waals surface area (Å²) >= 11 is 0. The highest BCUT2D eigenvalue weighted by Crippen LogP contribution is 2.47. The molecule has 1 N–H and O–H groups in total. The summed E-state index contributed by atoms with van der Waals surface area (Å²) in [5, 5.41) is 14.1. The molecule has 3 aromatic carbocycles. The van der Waals surface area contributed by atoms with Crippen LogP contribution in [0.25, 0.3) is 5.70 Å².